The van der Waals surface area contributed by atoms with Crippen molar-refractivity contribution in [3.63, 3.8) is 0 Å². The highest BCUT2D eigenvalue weighted by atomic mass is 16.3. The zero-order chi connectivity index (χ0) is 30.6. The van der Waals surface area contributed by atoms with Crippen LogP contribution in [-0.4, -0.2) is 0 Å². The van der Waals surface area contributed by atoms with Gasteiger partial charge >= 0.3 is 0 Å². The van der Waals surface area contributed by atoms with Gasteiger partial charge in [0.25, 0.3) is 0 Å². The number of nitriles is 1. The van der Waals surface area contributed by atoms with E-state index in [4.69, 9.17) is 8.83 Å². The van der Waals surface area contributed by atoms with Gasteiger partial charge in [0.15, 0.2) is 0 Å². The first-order valence-electron chi connectivity index (χ1n) is 15.3. The van der Waals surface area contributed by atoms with Crippen molar-refractivity contribution in [2.45, 2.75) is 0 Å². The maximum atomic E-state index is 10.4. The molecule has 0 saturated heterocycles. The molecule has 0 saturated carbocycles. The van der Waals surface area contributed by atoms with E-state index in [0.717, 1.165) is 88.4 Å². The van der Waals surface area contributed by atoms with Gasteiger partial charge in [-0.25, -0.2) is 0 Å². The minimum atomic E-state index is 0.629. The van der Waals surface area contributed by atoms with Crippen molar-refractivity contribution in [3.05, 3.63) is 157 Å². The number of fused-ring (bicyclic) bond motifs is 6. The fourth-order valence-electron chi connectivity index (χ4n) is 6.83. The highest BCUT2D eigenvalue weighted by molar-refractivity contribution is 6.13. The molecular formula is C43H25NO2. The topological polar surface area (TPSA) is 50.1 Å². The summed E-state index contributed by atoms with van der Waals surface area (Å²) in [5.74, 6) is 0. The van der Waals surface area contributed by atoms with Gasteiger partial charge in [-0.05, 0) is 93.5 Å². The summed E-state index contributed by atoms with van der Waals surface area (Å²) in [6.07, 6.45) is 0. The van der Waals surface area contributed by atoms with Crippen LogP contribution < -0.4 is 0 Å². The van der Waals surface area contributed by atoms with Gasteiger partial charge in [-0.3, -0.25) is 0 Å². The lowest BCUT2D eigenvalue weighted by Gasteiger charge is -2.16. The molecule has 2 aromatic heterocycles. The molecule has 0 amide bonds. The van der Waals surface area contributed by atoms with Gasteiger partial charge < -0.3 is 8.83 Å². The van der Waals surface area contributed by atoms with Crippen LogP contribution in [-0.2, 0) is 0 Å². The molecule has 46 heavy (non-hydrogen) atoms. The van der Waals surface area contributed by atoms with Crippen LogP contribution in [0.15, 0.2) is 160 Å². The Morgan fingerprint density at radius 2 is 1.02 bits per heavy atom. The van der Waals surface area contributed by atoms with Crippen LogP contribution in [0.3, 0.4) is 0 Å². The van der Waals surface area contributed by atoms with Crippen molar-refractivity contribution in [2.75, 3.05) is 0 Å². The molecule has 0 aliphatic carbocycles. The summed E-state index contributed by atoms with van der Waals surface area (Å²) in [5.41, 5.74) is 12.2. The number of benzene rings is 7. The van der Waals surface area contributed by atoms with Crippen molar-refractivity contribution in [2.24, 2.45) is 0 Å². The Kier molecular flexibility index (Phi) is 5.88. The Morgan fingerprint density at radius 3 is 1.87 bits per heavy atom. The average Bonchev–Trinajstić information content (AvgIpc) is 3.69. The highest BCUT2D eigenvalue weighted by Gasteiger charge is 2.18. The fraction of sp³-hybridized carbons (Fsp3) is 0. The normalized spacial score (nSPS) is 11.5. The van der Waals surface area contributed by atoms with E-state index in [9.17, 15) is 5.26 Å². The Bertz CT molecular complexity index is 2650. The smallest absolute Gasteiger partial charge is 0.136 e. The van der Waals surface area contributed by atoms with E-state index in [2.05, 4.69) is 78.9 Å². The van der Waals surface area contributed by atoms with Gasteiger partial charge in [0.05, 0.1) is 11.6 Å². The maximum Gasteiger partial charge on any atom is 0.136 e. The predicted molar refractivity (Wildman–Crippen MR) is 187 cm³/mol. The second kappa shape index (κ2) is 10.4. The maximum absolute atomic E-state index is 10.4. The van der Waals surface area contributed by atoms with E-state index in [1.807, 2.05) is 78.9 Å². The molecule has 0 unspecified atom stereocenters. The molecule has 0 bridgehead atoms. The molecule has 0 fully saturated rings. The van der Waals surface area contributed by atoms with Crippen LogP contribution in [0.2, 0.25) is 0 Å². The lowest BCUT2D eigenvalue weighted by atomic mass is 9.86. The molecular weight excluding hydrogens is 562 g/mol. The number of nitrogens with zero attached hydrogens (tertiary/aromatic N) is 1. The Hall–Kier alpha value is -6.37. The van der Waals surface area contributed by atoms with Gasteiger partial charge in [0.2, 0.25) is 0 Å². The quantitative estimate of drug-likeness (QED) is 0.206. The monoisotopic (exact) mass is 587 g/mol. The van der Waals surface area contributed by atoms with Crippen LogP contribution in [0, 0.1) is 11.3 Å². The zero-order valence-corrected chi connectivity index (χ0v) is 24.7. The van der Waals surface area contributed by atoms with E-state index in [1.165, 1.54) is 0 Å². The first-order valence-corrected chi connectivity index (χ1v) is 15.3. The summed E-state index contributed by atoms with van der Waals surface area (Å²) in [6, 6.07) is 54.3. The first kappa shape index (κ1) is 26.1. The minimum absolute atomic E-state index is 0.629. The Balaban J connectivity index is 1.35. The Labute approximate surface area is 265 Å². The molecule has 0 aliphatic heterocycles. The van der Waals surface area contributed by atoms with Crippen molar-refractivity contribution in [1.82, 2.24) is 0 Å². The molecule has 0 spiro atoms. The molecule has 9 aromatic rings. The number of furan rings is 2. The zero-order valence-electron chi connectivity index (χ0n) is 24.7. The van der Waals surface area contributed by atoms with E-state index in [1.54, 1.807) is 0 Å². The summed E-state index contributed by atoms with van der Waals surface area (Å²) < 4.78 is 12.6. The minimum Gasteiger partial charge on any atom is -0.456 e. The molecule has 0 aliphatic rings. The van der Waals surface area contributed by atoms with E-state index in [-0.39, 0.29) is 0 Å². The summed E-state index contributed by atoms with van der Waals surface area (Å²) in [5, 5.41) is 14.7. The predicted octanol–water partition coefficient (Wildman–Crippen LogP) is 12.0. The number of rotatable bonds is 4. The van der Waals surface area contributed by atoms with Crippen molar-refractivity contribution >= 4 is 43.9 Å². The molecule has 0 N–H and O–H groups in total. The third-order valence-corrected chi connectivity index (χ3v) is 8.92. The van der Waals surface area contributed by atoms with E-state index >= 15 is 0 Å². The summed E-state index contributed by atoms with van der Waals surface area (Å²) in [7, 11) is 0. The summed E-state index contributed by atoms with van der Waals surface area (Å²) >= 11 is 0. The molecule has 2 heterocycles. The lowest BCUT2D eigenvalue weighted by Crippen LogP contribution is -1.92. The van der Waals surface area contributed by atoms with Gasteiger partial charge in [-0.2, -0.15) is 5.26 Å². The van der Waals surface area contributed by atoms with Gasteiger partial charge in [0.1, 0.15) is 22.3 Å². The van der Waals surface area contributed by atoms with Crippen LogP contribution in [0.1, 0.15) is 5.56 Å². The standard InChI is InChI=1S/C43H25NO2/c44-26-29-12-8-15-33(27-10-2-1-3-11-27)42(29)32-23-30(28-20-21-36-35-13-4-6-17-38(35)46-41(36)25-28)22-31(24-32)34-16-9-19-40-43(34)37-14-5-7-18-39(37)45-40/h1-25H. The Morgan fingerprint density at radius 1 is 0.391 bits per heavy atom. The van der Waals surface area contributed by atoms with Crippen molar-refractivity contribution < 1.29 is 8.83 Å². The molecule has 214 valence electrons. The number of para-hydroxylation sites is 2. The number of hydrogen-bond acceptors (Lipinski definition) is 3. The van der Waals surface area contributed by atoms with Crippen LogP contribution in [0.4, 0.5) is 0 Å². The van der Waals surface area contributed by atoms with E-state index < -0.39 is 0 Å². The second-order valence-corrected chi connectivity index (χ2v) is 11.6. The highest BCUT2D eigenvalue weighted by Crippen LogP contribution is 2.43. The van der Waals surface area contributed by atoms with Crippen LogP contribution in [0.25, 0.3) is 88.4 Å². The fourth-order valence-corrected chi connectivity index (χ4v) is 6.83. The van der Waals surface area contributed by atoms with Crippen molar-refractivity contribution in [3.8, 4) is 50.6 Å². The van der Waals surface area contributed by atoms with Crippen LogP contribution in [0.5, 0.6) is 0 Å². The van der Waals surface area contributed by atoms with E-state index in [0.29, 0.717) is 5.56 Å². The summed E-state index contributed by atoms with van der Waals surface area (Å²) in [6.45, 7) is 0. The molecule has 0 atom stereocenters. The molecule has 3 nitrogen and oxygen atoms in total. The molecule has 0 radical (unpaired) electrons. The van der Waals surface area contributed by atoms with Crippen LogP contribution >= 0.6 is 0 Å². The third-order valence-electron chi connectivity index (χ3n) is 8.92. The SMILES string of the molecule is N#Cc1cccc(-c2ccccc2)c1-c1cc(-c2ccc3c(c2)oc2ccccc23)cc(-c2cccc3oc4ccccc4c23)c1. The van der Waals surface area contributed by atoms with Gasteiger partial charge in [-0.15, -0.1) is 0 Å². The average molecular weight is 588 g/mol. The lowest BCUT2D eigenvalue weighted by molar-refractivity contribution is 0.668. The van der Waals surface area contributed by atoms with Crippen molar-refractivity contribution in [1.29, 1.82) is 5.26 Å². The largest absolute Gasteiger partial charge is 0.456 e. The summed E-state index contributed by atoms with van der Waals surface area (Å²) in [4.78, 5) is 0. The third kappa shape index (κ3) is 4.13. The molecule has 3 heteroatoms. The first-order chi connectivity index (χ1) is 22.7. The molecule has 7 aromatic carbocycles. The van der Waals surface area contributed by atoms with Gasteiger partial charge in [0, 0.05) is 27.1 Å². The van der Waals surface area contributed by atoms with Gasteiger partial charge in [-0.1, -0.05) is 97.1 Å². The molecule has 9 rings (SSSR count). The number of hydrogen-bond donors (Lipinski definition) is 0. The second-order valence-electron chi connectivity index (χ2n) is 11.6.